The first-order valence-corrected chi connectivity index (χ1v) is 6.91. The summed E-state index contributed by atoms with van der Waals surface area (Å²) < 4.78 is 10.6. The molecule has 116 valence electrons. The predicted molar refractivity (Wildman–Crippen MR) is 82.4 cm³/mol. The molecular weight excluding hydrogens is 282 g/mol. The first-order valence-electron chi connectivity index (χ1n) is 6.91. The molecular formula is C16H19N3O3. The van der Waals surface area contributed by atoms with Gasteiger partial charge in [-0.2, -0.15) is 0 Å². The fourth-order valence-corrected chi connectivity index (χ4v) is 2.11. The van der Waals surface area contributed by atoms with E-state index in [1.54, 1.807) is 14.2 Å². The van der Waals surface area contributed by atoms with Gasteiger partial charge in [-0.15, -0.1) is 0 Å². The second kappa shape index (κ2) is 7.40. The summed E-state index contributed by atoms with van der Waals surface area (Å²) in [5.74, 6) is 1.15. The number of carbonyl (C=O) groups excluding carboxylic acids is 1. The van der Waals surface area contributed by atoms with Crippen LogP contribution in [0.3, 0.4) is 0 Å². The predicted octanol–water partition coefficient (Wildman–Crippen LogP) is 1.77. The summed E-state index contributed by atoms with van der Waals surface area (Å²) in [5, 5.41) is 2.83. The highest BCUT2D eigenvalue weighted by Crippen LogP contribution is 2.30. The van der Waals surface area contributed by atoms with Gasteiger partial charge < -0.3 is 14.8 Å². The fourth-order valence-electron chi connectivity index (χ4n) is 2.11. The molecule has 0 unspecified atom stereocenters. The maximum atomic E-state index is 11.9. The normalized spacial score (nSPS) is 10.1. The van der Waals surface area contributed by atoms with E-state index in [1.165, 1.54) is 18.6 Å². The summed E-state index contributed by atoms with van der Waals surface area (Å²) in [4.78, 5) is 19.7. The molecule has 2 aromatic rings. The first-order chi connectivity index (χ1) is 10.7. The molecule has 0 fully saturated rings. The van der Waals surface area contributed by atoms with Gasteiger partial charge in [0, 0.05) is 18.9 Å². The molecule has 1 N–H and O–H groups in total. The molecule has 0 spiro atoms. The smallest absolute Gasteiger partial charge is 0.271 e. The Morgan fingerprint density at radius 1 is 1.18 bits per heavy atom. The van der Waals surface area contributed by atoms with E-state index in [2.05, 4.69) is 15.3 Å². The number of aryl methyl sites for hydroxylation is 1. The van der Waals surface area contributed by atoms with Crippen molar-refractivity contribution in [3.8, 4) is 11.5 Å². The number of aromatic nitrogens is 2. The fraction of sp³-hybridized carbons (Fsp3) is 0.312. The molecule has 0 aliphatic heterocycles. The minimum Gasteiger partial charge on any atom is -0.493 e. The van der Waals surface area contributed by atoms with Crippen LogP contribution in [0.5, 0.6) is 11.5 Å². The number of nitrogens with zero attached hydrogens (tertiary/aromatic N) is 2. The Kier molecular flexibility index (Phi) is 5.30. The second-order valence-electron chi connectivity index (χ2n) is 4.73. The molecule has 2 rings (SSSR count). The van der Waals surface area contributed by atoms with Gasteiger partial charge in [0.05, 0.1) is 20.4 Å². The van der Waals surface area contributed by atoms with Gasteiger partial charge in [-0.05, 0) is 36.6 Å². The van der Waals surface area contributed by atoms with E-state index in [9.17, 15) is 4.79 Å². The van der Waals surface area contributed by atoms with Crippen LogP contribution in [0.1, 0.15) is 21.6 Å². The number of hydrogen-bond acceptors (Lipinski definition) is 5. The number of nitrogens with one attached hydrogen (secondary N) is 1. The minimum atomic E-state index is -0.230. The van der Waals surface area contributed by atoms with Crippen LogP contribution >= 0.6 is 0 Å². The zero-order valence-corrected chi connectivity index (χ0v) is 12.9. The van der Waals surface area contributed by atoms with Gasteiger partial charge in [0.15, 0.2) is 11.5 Å². The van der Waals surface area contributed by atoms with E-state index < -0.39 is 0 Å². The Morgan fingerprint density at radius 2 is 1.91 bits per heavy atom. The third-order valence-electron chi connectivity index (χ3n) is 3.32. The molecule has 0 saturated heterocycles. The van der Waals surface area contributed by atoms with Crippen molar-refractivity contribution < 1.29 is 14.3 Å². The molecule has 6 nitrogen and oxygen atoms in total. The van der Waals surface area contributed by atoms with E-state index in [4.69, 9.17) is 9.47 Å². The largest absolute Gasteiger partial charge is 0.493 e. The lowest BCUT2D eigenvalue weighted by molar-refractivity contribution is 0.0948. The number of ether oxygens (including phenoxy) is 2. The maximum absolute atomic E-state index is 11.9. The third-order valence-corrected chi connectivity index (χ3v) is 3.32. The molecule has 0 saturated carbocycles. The van der Waals surface area contributed by atoms with Crippen molar-refractivity contribution >= 4 is 5.91 Å². The molecule has 1 heterocycles. The highest BCUT2D eigenvalue weighted by molar-refractivity contribution is 5.91. The van der Waals surface area contributed by atoms with Crippen molar-refractivity contribution in [3.63, 3.8) is 0 Å². The number of amides is 1. The number of hydrogen-bond donors (Lipinski definition) is 1. The van der Waals surface area contributed by atoms with Gasteiger partial charge in [0.1, 0.15) is 5.69 Å². The average Bonchev–Trinajstić information content (AvgIpc) is 2.56. The Balaban J connectivity index is 1.98. The van der Waals surface area contributed by atoms with Crippen molar-refractivity contribution in [1.82, 2.24) is 15.3 Å². The molecule has 1 amide bonds. The van der Waals surface area contributed by atoms with E-state index in [0.717, 1.165) is 11.1 Å². The minimum absolute atomic E-state index is 0.230. The summed E-state index contributed by atoms with van der Waals surface area (Å²) in [7, 11) is 3.21. The van der Waals surface area contributed by atoms with Crippen molar-refractivity contribution in [3.05, 3.63) is 47.5 Å². The number of carbonyl (C=O) groups is 1. The Bertz CT molecular complexity index is 645. The van der Waals surface area contributed by atoms with Crippen LogP contribution < -0.4 is 14.8 Å². The van der Waals surface area contributed by atoms with E-state index in [1.807, 2.05) is 19.1 Å². The molecule has 0 bridgehead atoms. The number of methoxy groups -OCH3 is 2. The standard InChI is InChI=1S/C16H19N3O3/c1-11-8-14(21-2)15(22-3)9-12(11)4-5-19-16(20)13-10-17-6-7-18-13/h6-10H,4-5H2,1-3H3,(H,19,20). The summed E-state index contributed by atoms with van der Waals surface area (Å²) in [6.07, 6.45) is 5.16. The third kappa shape index (κ3) is 3.72. The Hall–Kier alpha value is -2.63. The van der Waals surface area contributed by atoms with Crippen molar-refractivity contribution in [2.24, 2.45) is 0 Å². The van der Waals surface area contributed by atoms with Gasteiger partial charge in [-0.3, -0.25) is 9.78 Å². The Morgan fingerprint density at radius 3 is 2.55 bits per heavy atom. The van der Waals surface area contributed by atoms with Crippen LogP contribution in [0, 0.1) is 6.92 Å². The lowest BCUT2D eigenvalue weighted by Crippen LogP contribution is -2.26. The van der Waals surface area contributed by atoms with Crippen LogP contribution in [0.15, 0.2) is 30.7 Å². The topological polar surface area (TPSA) is 73.3 Å². The lowest BCUT2D eigenvalue weighted by atomic mass is 10.0. The zero-order chi connectivity index (χ0) is 15.9. The SMILES string of the molecule is COc1cc(C)c(CCNC(=O)c2cnccn2)cc1OC. The summed E-state index contributed by atoms with van der Waals surface area (Å²) >= 11 is 0. The van der Waals surface area contributed by atoms with Gasteiger partial charge in [0.2, 0.25) is 0 Å². The van der Waals surface area contributed by atoms with Crippen LogP contribution in [-0.4, -0.2) is 36.6 Å². The zero-order valence-electron chi connectivity index (χ0n) is 12.9. The summed E-state index contributed by atoms with van der Waals surface area (Å²) in [6, 6.07) is 3.86. The van der Waals surface area contributed by atoms with Crippen molar-refractivity contribution in [2.75, 3.05) is 20.8 Å². The maximum Gasteiger partial charge on any atom is 0.271 e. The number of rotatable bonds is 6. The van der Waals surface area contributed by atoms with Gasteiger partial charge in [0.25, 0.3) is 5.91 Å². The molecule has 1 aromatic carbocycles. The first kappa shape index (κ1) is 15.8. The van der Waals surface area contributed by atoms with Crippen LogP contribution in [0.4, 0.5) is 0 Å². The van der Waals surface area contributed by atoms with E-state index >= 15 is 0 Å². The van der Waals surface area contributed by atoms with Crippen LogP contribution in [0.2, 0.25) is 0 Å². The van der Waals surface area contributed by atoms with Gasteiger partial charge in [-0.1, -0.05) is 0 Å². The molecule has 0 atom stereocenters. The highest BCUT2D eigenvalue weighted by atomic mass is 16.5. The molecule has 0 aliphatic carbocycles. The van der Waals surface area contributed by atoms with Crippen LogP contribution in [0.25, 0.3) is 0 Å². The molecule has 1 aromatic heterocycles. The van der Waals surface area contributed by atoms with Crippen molar-refractivity contribution in [2.45, 2.75) is 13.3 Å². The monoisotopic (exact) mass is 301 g/mol. The van der Waals surface area contributed by atoms with Gasteiger partial charge >= 0.3 is 0 Å². The summed E-state index contributed by atoms with van der Waals surface area (Å²) in [5.41, 5.74) is 2.50. The number of benzene rings is 1. The van der Waals surface area contributed by atoms with Crippen LogP contribution in [-0.2, 0) is 6.42 Å². The summed E-state index contributed by atoms with van der Waals surface area (Å²) in [6.45, 7) is 2.51. The quantitative estimate of drug-likeness (QED) is 0.880. The highest BCUT2D eigenvalue weighted by Gasteiger charge is 2.10. The molecule has 0 aliphatic rings. The van der Waals surface area contributed by atoms with E-state index in [0.29, 0.717) is 30.2 Å². The van der Waals surface area contributed by atoms with E-state index in [-0.39, 0.29) is 5.91 Å². The average molecular weight is 301 g/mol. The Labute approximate surface area is 129 Å². The molecule has 22 heavy (non-hydrogen) atoms. The second-order valence-corrected chi connectivity index (χ2v) is 4.73. The van der Waals surface area contributed by atoms with Crippen molar-refractivity contribution in [1.29, 1.82) is 0 Å². The molecule has 0 radical (unpaired) electrons. The lowest BCUT2D eigenvalue weighted by Gasteiger charge is -2.13. The van der Waals surface area contributed by atoms with Gasteiger partial charge in [-0.25, -0.2) is 4.98 Å². The molecule has 6 heteroatoms.